The zero-order chi connectivity index (χ0) is 22.2. The van der Waals surface area contributed by atoms with Gasteiger partial charge < -0.3 is 20.3 Å². The quantitative estimate of drug-likeness (QED) is 0.653. The van der Waals surface area contributed by atoms with Crippen molar-refractivity contribution in [3.8, 4) is 0 Å². The Balaban J connectivity index is 3.09. The molecule has 1 rings (SSSR count). The van der Waals surface area contributed by atoms with E-state index in [1.807, 2.05) is 45.0 Å². The maximum Gasteiger partial charge on any atom is 0.408 e. The van der Waals surface area contributed by atoms with E-state index in [-0.39, 0.29) is 25.0 Å². The molecule has 7 nitrogen and oxygen atoms in total. The van der Waals surface area contributed by atoms with Gasteiger partial charge in [0.2, 0.25) is 11.8 Å². The fourth-order valence-corrected chi connectivity index (χ4v) is 2.64. The van der Waals surface area contributed by atoms with Gasteiger partial charge in [0.25, 0.3) is 0 Å². The maximum atomic E-state index is 12.9. The number of carbonyl (C=O) groups is 3. The minimum Gasteiger partial charge on any atom is -0.444 e. The molecule has 7 heteroatoms. The lowest BCUT2D eigenvalue weighted by molar-refractivity contribution is -0.139. The van der Waals surface area contributed by atoms with Crippen LogP contribution in [-0.2, 0) is 14.3 Å². The topological polar surface area (TPSA) is 87.7 Å². The van der Waals surface area contributed by atoms with Crippen molar-refractivity contribution in [2.24, 2.45) is 0 Å². The molecule has 1 aromatic rings. The number of rotatable bonds is 8. The normalized spacial score (nSPS) is 12.1. The van der Waals surface area contributed by atoms with Crippen molar-refractivity contribution in [1.29, 1.82) is 0 Å². The van der Waals surface area contributed by atoms with Crippen LogP contribution in [0.25, 0.3) is 0 Å². The molecule has 0 bridgehead atoms. The van der Waals surface area contributed by atoms with Gasteiger partial charge in [-0.15, -0.1) is 6.58 Å². The summed E-state index contributed by atoms with van der Waals surface area (Å²) in [7, 11) is 0. The van der Waals surface area contributed by atoms with Crippen LogP contribution in [-0.4, -0.2) is 47.5 Å². The van der Waals surface area contributed by atoms with Crippen molar-refractivity contribution in [1.82, 2.24) is 15.5 Å². The molecule has 1 atom stereocenters. The standard InChI is InChI=1S/C22H33N3O4/c1-8-13-25(18(26)14-23-21(28)29-22(5,6)7)19(20(27)24-15(2)3)17-11-9-16(4)10-12-17/h8-12,15,19H,1,13-14H2,2-7H3,(H,23,28)(H,24,27). The van der Waals surface area contributed by atoms with E-state index in [4.69, 9.17) is 4.74 Å². The smallest absolute Gasteiger partial charge is 0.408 e. The van der Waals surface area contributed by atoms with E-state index < -0.39 is 23.6 Å². The van der Waals surface area contributed by atoms with Crippen LogP contribution in [0.1, 0.15) is 51.8 Å². The summed E-state index contributed by atoms with van der Waals surface area (Å²) in [6, 6.07) is 6.50. The summed E-state index contributed by atoms with van der Waals surface area (Å²) in [5.41, 5.74) is 1.06. The first-order valence-corrected chi connectivity index (χ1v) is 9.68. The van der Waals surface area contributed by atoms with E-state index in [2.05, 4.69) is 17.2 Å². The number of amides is 3. The molecule has 2 N–H and O–H groups in total. The van der Waals surface area contributed by atoms with Crippen LogP contribution in [0, 0.1) is 6.92 Å². The van der Waals surface area contributed by atoms with Crippen LogP contribution >= 0.6 is 0 Å². The Morgan fingerprint density at radius 3 is 2.24 bits per heavy atom. The summed E-state index contributed by atoms with van der Waals surface area (Å²) < 4.78 is 5.17. The number of hydrogen-bond donors (Lipinski definition) is 2. The molecule has 0 saturated carbocycles. The monoisotopic (exact) mass is 403 g/mol. The zero-order valence-corrected chi connectivity index (χ0v) is 18.2. The average molecular weight is 404 g/mol. The fraction of sp³-hybridized carbons (Fsp3) is 0.500. The van der Waals surface area contributed by atoms with E-state index >= 15 is 0 Å². The Hall–Kier alpha value is -2.83. The number of benzene rings is 1. The maximum absolute atomic E-state index is 12.9. The average Bonchev–Trinajstić information content (AvgIpc) is 2.58. The van der Waals surface area contributed by atoms with Crippen molar-refractivity contribution in [2.45, 2.75) is 59.2 Å². The molecule has 0 saturated heterocycles. The zero-order valence-electron chi connectivity index (χ0n) is 18.2. The predicted molar refractivity (Wildman–Crippen MR) is 113 cm³/mol. The molecule has 0 spiro atoms. The second-order valence-corrected chi connectivity index (χ2v) is 8.17. The van der Waals surface area contributed by atoms with Gasteiger partial charge in [0.05, 0.1) is 0 Å². The molecular formula is C22H33N3O4. The van der Waals surface area contributed by atoms with Gasteiger partial charge in [0.1, 0.15) is 18.2 Å². The van der Waals surface area contributed by atoms with E-state index in [1.165, 1.54) is 4.90 Å². The largest absolute Gasteiger partial charge is 0.444 e. The molecule has 0 radical (unpaired) electrons. The van der Waals surface area contributed by atoms with Crippen molar-refractivity contribution >= 4 is 17.9 Å². The van der Waals surface area contributed by atoms with Gasteiger partial charge in [-0.1, -0.05) is 35.9 Å². The Morgan fingerprint density at radius 2 is 1.76 bits per heavy atom. The molecule has 3 amide bonds. The highest BCUT2D eigenvalue weighted by Crippen LogP contribution is 2.22. The predicted octanol–water partition coefficient (Wildman–Crippen LogP) is 3.10. The van der Waals surface area contributed by atoms with E-state index in [0.717, 1.165) is 5.56 Å². The van der Waals surface area contributed by atoms with Crippen LogP contribution in [0.2, 0.25) is 0 Å². The minimum atomic E-state index is -0.844. The summed E-state index contributed by atoms with van der Waals surface area (Å²) >= 11 is 0. The summed E-state index contributed by atoms with van der Waals surface area (Å²) in [6.07, 6.45) is 0.859. The van der Waals surface area contributed by atoms with Crippen LogP contribution < -0.4 is 10.6 Å². The second-order valence-electron chi connectivity index (χ2n) is 8.17. The van der Waals surface area contributed by atoms with Crippen molar-refractivity contribution in [3.63, 3.8) is 0 Å². The lowest BCUT2D eigenvalue weighted by atomic mass is 10.0. The summed E-state index contributed by atoms with van der Waals surface area (Å²) in [6.45, 7) is 14.4. The van der Waals surface area contributed by atoms with Crippen LogP contribution in [0.5, 0.6) is 0 Å². The lowest BCUT2D eigenvalue weighted by Gasteiger charge is -2.31. The first-order chi connectivity index (χ1) is 13.4. The molecule has 0 aromatic heterocycles. The molecule has 29 heavy (non-hydrogen) atoms. The number of ether oxygens (including phenoxy) is 1. The van der Waals surface area contributed by atoms with Gasteiger partial charge >= 0.3 is 6.09 Å². The van der Waals surface area contributed by atoms with Crippen molar-refractivity contribution in [2.75, 3.05) is 13.1 Å². The first kappa shape index (κ1) is 24.2. The number of carbonyl (C=O) groups excluding carboxylic acids is 3. The molecule has 0 aliphatic carbocycles. The molecule has 1 aromatic carbocycles. The SMILES string of the molecule is C=CCN(C(=O)CNC(=O)OC(C)(C)C)C(C(=O)NC(C)C)c1ccc(C)cc1. The van der Waals surface area contributed by atoms with Gasteiger partial charge in [-0.05, 0) is 47.1 Å². The third-order valence-corrected chi connectivity index (χ3v) is 3.81. The van der Waals surface area contributed by atoms with Gasteiger partial charge in [-0.2, -0.15) is 0 Å². The summed E-state index contributed by atoms with van der Waals surface area (Å²) in [4.78, 5) is 39.1. The molecule has 1 unspecified atom stereocenters. The Kier molecular flexibility index (Phi) is 8.88. The van der Waals surface area contributed by atoms with Gasteiger partial charge in [0.15, 0.2) is 0 Å². The van der Waals surface area contributed by atoms with Crippen molar-refractivity contribution in [3.05, 3.63) is 48.0 Å². The second kappa shape index (κ2) is 10.6. The van der Waals surface area contributed by atoms with Crippen LogP contribution in [0.3, 0.4) is 0 Å². The van der Waals surface area contributed by atoms with Crippen LogP contribution in [0.4, 0.5) is 4.79 Å². The fourth-order valence-electron chi connectivity index (χ4n) is 2.64. The number of nitrogens with zero attached hydrogens (tertiary/aromatic N) is 1. The molecular weight excluding hydrogens is 370 g/mol. The number of hydrogen-bond acceptors (Lipinski definition) is 4. The summed E-state index contributed by atoms with van der Waals surface area (Å²) in [5.74, 6) is -0.712. The Morgan fingerprint density at radius 1 is 1.17 bits per heavy atom. The highest BCUT2D eigenvalue weighted by atomic mass is 16.6. The Labute approximate surface area is 173 Å². The third-order valence-electron chi connectivity index (χ3n) is 3.81. The van der Waals surface area contributed by atoms with Crippen molar-refractivity contribution < 1.29 is 19.1 Å². The van der Waals surface area contributed by atoms with Gasteiger partial charge in [0, 0.05) is 12.6 Å². The highest BCUT2D eigenvalue weighted by Gasteiger charge is 2.31. The first-order valence-electron chi connectivity index (χ1n) is 9.68. The van der Waals surface area contributed by atoms with Gasteiger partial charge in [-0.25, -0.2) is 4.79 Å². The minimum absolute atomic E-state index is 0.0870. The van der Waals surface area contributed by atoms with Crippen LogP contribution in [0.15, 0.2) is 36.9 Å². The lowest BCUT2D eigenvalue weighted by Crippen LogP contribution is -2.48. The Bertz CT molecular complexity index is 721. The molecule has 0 heterocycles. The van der Waals surface area contributed by atoms with Gasteiger partial charge in [-0.3, -0.25) is 9.59 Å². The van der Waals surface area contributed by atoms with E-state index in [0.29, 0.717) is 5.56 Å². The number of nitrogens with one attached hydrogen (secondary N) is 2. The highest BCUT2D eigenvalue weighted by molar-refractivity contribution is 5.90. The third kappa shape index (κ3) is 8.37. The molecule has 0 fully saturated rings. The molecule has 0 aliphatic rings. The molecule has 160 valence electrons. The number of alkyl carbamates (subject to hydrolysis) is 1. The van der Waals surface area contributed by atoms with E-state index in [1.54, 1.807) is 26.8 Å². The number of aryl methyl sites for hydroxylation is 1. The summed E-state index contributed by atoms with van der Waals surface area (Å²) in [5, 5.41) is 5.32. The molecule has 0 aliphatic heterocycles. The van der Waals surface area contributed by atoms with E-state index in [9.17, 15) is 14.4 Å².